The molecule has 1 saturated heterocycles. The minimum absolute atomic E-state index is 0.0417. The third-order valence-electron chi connectivity index (χ3n) is 4.53. The molecule has 0 saturated carbocycles. The minimum Gasteiger partial charge on any atom is -0.495 e. The Hall–Kier alpha value is -2.69. The van der Waals surface area contributed by atoms with Crippen molar-refractivity contribution in [3.05, 3.63) is 57.1 Å². The first-order chi connectivity index (χ1) is 13.7. The summed E-state index contributed by atoms with van der Waals surface area (Å²) in [4.78, 5) is 23.1. The van der Waals surface area contributed by atoms with Crippen molar-refractivity contribution in [2.24, 2.45) is 0 Å². The number of carbonyl (C=O) groups is 1. The number of sulfonamides is 1. The summed E-state index contributed by atoms with van der Waals surface area (Å²) in [5.41, 5.74) is -0.242. The highest BCUT2D eigenvalue weighted by atomic mass is 35.5. The Morgan fingerprint density at radius 3 is 2.52 bits per heavy atom. The van der Waals surface area contributed by atoms with Gasteiger partial charge in [-0.2, -0.15) is 4.31 Å². The molecular weight excluding hydrogens is 422 g/mol. The van der Waals surface area contributed by atoms with Gasteiger partial charge in [0, 0.05) is 25.2 Å². The minimum atomic E-state index is -3.73. The van der Waals surface area contributed by atoms with Crippen LogP contribution >= 0.6 is 11.6 Å². The van der Waals surface area contributed by atoms with E-state index in [0.717, 1.165) is 18.9 Å². The van der Waals surface area contributed by atoms with Gasteiger partial charge in [-0.3, -0.25) is 14.9 Å². The number of rotatable bonds is 6. The van der Waals surface area contributed by atoms with E-state index in [1.54, 1.807) is 0 Å². The number of carbonyl (C=O) groups excluding carboxylic acids is 1. The molecule has 0 aromatic heterocycles. The molecule has 11 heteroatoms. The number of nitro groups is 1. The zero-order valence-corrected chi connectivity index (χ0v) is 17.0. The maximum absolute atomic E-state index is 12.8. The molecule has 0 atom stereocenters. The molecule has 9 nitrogen and oxygen atoms in total. The summed E-state index contributed by atoms with van der Waals surface area (Å²) in [6, 6.07) is 7.63. The summed E-state index contributed by atoms with van der Waals surface area (Å²) in [5, 5.41) is 13.6. The van der Waals surface area contributed by atoms with Gasteiger partial charge < -0.3 is 10.1 Å². The van der Waals surface area contributed by atoms with Crippen LogP contribution < -0.4 is 10.1 Å². The van der Waals surface area contributed by atoms with E-state index in [0.29, 0.717) is 13.1 Å². The van der Waals surface area contributed by atoms with Gasteiger partial charge in [0.15, 0.2) is 0 Å². The predicted molar refractivity (Wildman–Crippen MR) is 107 cm³/mol. The van der Waals surface area contributed by atoms with Crippen LogP contribution in [0.1, 0.15) is 23.2 Å². The molecule has 3 rings (SSSR count). The number of nitrogens with zero attached hydrogens (tertiary/aromatic N) is 2. The van der Waals surface area contributed by atoms with Crippen molar-refractivity contribution in [3.63, 3.8) is 0 Å². The first kappa shape index (κ1) is 21.0. The van der Waals surface area contributed by atoms with E-state index in [1.807, 2.05) is 0 Å². The Balaban J connectivity index is 1.94. The van der Waals surface area contributed by atoms with Gasteiger partial charge in [-0.25, -0.2) is 8.42 Å². The predicted octanol–water partition coefficient (Wildman–Crippen LogP) is 3.29. The van der Waals surface area contributed by atoms with Gasteiger partial charge in [-0.1, -0.05) is 11.6 Å². The molecule has 1 heterocycles. The monoisotopic (exact) mass is 439 g/mol. The summed E-state index contributed by atoms with van der Waals surface area (Å²) in [5.74, 6) is -0.506. The highest BCUT2D eigenvalue weighted by Crippen LogP contribution is 2.31. The van der Waals surface area contributed by atoms with E-state index >= 15 is 0 Å². The molecule has 1 N–H and O–H groups in total. The number of benzene rings is 2. The van der Waals surface area contributed by atoms with Crippen LogP contribution in [0.3, 0.4) is 0 Å². The summed E-state index contributed by atoms with van der Waals surface area (Å²) in [6.45, 7) is 0.856. The van der Waals surface area contributed by atoms with Crippen LogP contribution in [0.4, 0.5) is 11.4 Å². The fraction of sp³-hybridized carbons (Fsp3) is 0.278. The molecule has 1 aliphatic heterocycles. The third kappa shape index (κ3) is 4.34. The summed E-state index contributed by atoms with van der Waals surface area (Å²) in [6.07, 6.45) is 1.57. The number of methoxy groups -OCH3 is 1. The molecule has 0 spiro atoms. The van der Waals surface area contributed by atoms with E-state index in [-0.39, 0.29) is 32.6 Å². The van der Waals surface area contributed by atoms with Crippen LogP contribution in [0.2, 0.25) is 5.02 Å². The molecule has 0 bridgehead atoms. The van der Waals surface area contributed by atoms with Crippen LogP contribution in [-0.2, 0) is 10.0 Å². The van der Waals surface area contributed by atoms with Gasteiger partial charge in [0.2, 0.25) is 10.0 Å². The number of ether oxygens (including phenoxy) is 1. The fourth-order valence-electron chi connectivity index (χ4n) is 3.01. The van der Waals surface area contributed by atoms with Crippen molar-refractivity contribution in [3.8, 4) is 5.75 Å². The smallest absolute Gasteiger partial charge is 0.271 e. The van der Waals surface area contributed by atoms with E-state index < -0.39 is 20.9 Å². The van der Waals surface area contributed by atoms with E-state index in [2.05, 4.69) is 5.32 Å². The second-order valence-corrected chi connectivity index (χ2v) is 8.69. The maximum Gasteiger partial charge on any atom is 0.271 e. The number of amides is 1. The highest BCUT2D eigenvalue weighted by molar-refractivity contribution is 7.89. The van der Waals surface area contributed by atoms with Crippen LogP contribution in [-0.4, -0.2) is 43.8 Å². The number of anilines is 1. The second-order valence-electron chi connectivity index (χ2n) is 6.35. The number of nitro benzene ring substituents is 1. The second kappa shape index (κ2) is 8.36. The number of nitrogens with one attached hydrogen (secondary N) is 1. The maximum atomic E-state index is 12.8. The third-order valence-corrected chi connectivity index (χ3v) is 6.75. The van der Waals surface area contributed by atoms with Crippen molar-refractivity contribution in [1.82, 2.24) is 4.31 Å². The fourth-order valence-corrected chi connectivity index (χ4v) is 4.76. The van der Waals surface area contributed by atoms with Gasteiger partial charge in [0.1, 0.15) is 5.75 Å². The lowest BCUT2D eigenvalue weighted by molar-refractivity contribution is -0.384. The summed E-state index contributed by atoms with van der Waals surface area (Å²) in [7, 11) is -2.38. The molecule has 1 amide bonds. The molecular formula is C18H18ClN3O6S. The first-order valence-corrected chi connectivity index (χ1v) is 10.5. The first-order valence-electron chi connectivity index (χ1n) is 8.67. The molecule has 0 aliphatic carbocycles. The van der Waals surface area contributed by atoms with Crippen molar-refractivity contribution >= 4 is 38.9 Å². The largest absolute Gasteiger partial charge is 0.495 e. The van der Waals surface area contributed by atoms with E-state index in [1.165, 1.54) is 41.7 Å². The molecule has 1 fully saturated rings. The van der Waals surface area contributed by atoms with Crippen LogP contribution in [0.15, 0.2) is 41.3 Å². The number of halogens is 1. The SMILES string of the molecule is COc1ccc([N+](=O)[O-])cc1NC(=O)c1cc(S(=O)(=O)N2CCCC2)ccc1Cl. The Kier molecular flexibility index (Phi) is 6.06. The zero-order valence-electron chi connectivity index (χ0n) is 15.4. The van der Waals surface area contributed by atoms with Gasteiger partial charge in [-0.15, -0.1) is 0 Å². The van der Waals surface area contributed by atoms with Gasteiger partial charge >= 0.3 is 0 Å². The topological polar surface area (TPSA) is 119 Å². The number of non-ortho nitro benzene ring substituents is 1. The van der Waals surface area contributed by atoms with Gasteiger partial charge in [-0.05, 0) is 37.1 Å². The molecule has 2 aromatic rings. The average molecular weight is 440 g/mol. The Morgan fingerprint density at radius 2 is 1.90 bits per heavy atom. The zero-order chi connectivity index (χ0) is 21.2. The summed E-state index contributed by atoms with van der Waals surface area (Å²) >= 11 is 6.11. The lowest BCUT2D eigenvalue weighted by Gasteiger charge is -2.16. The number of hydrogen-bond donors (Lipinski definition) is 1. The standard InChI is InChI=1S/C18H18ClN3O6S/c1-28-17-7-4-12(22(24)25)10-16(17)20-18(23)14-11-13(5-6-15(14)19)29(26,27)21-8-2-3-9-21/h4-7,10-11H,2-3,8-9H2,1H3,(H,20,23). The van der Waals surface area contributed by atoms with Gasteiger partial charge in [0.25, 0.3) is 11.6 Å². The molecule has 154 valence electrons. The van der Waals surface area contributed by atoms with E-state index in [9.17, 15) is 23.3 Å². The van der Waals surface area contributed by atoms with Crippen LogP contribution in [0.25, 0.3) is 0 Å². The Labute approximate surface area is 172 Å². The van der Waals surface area contributed by atoms with Crippen LogP contribution in [0, 0.1) is 10.1 Å². The van der Waals surface area contributed by atoms with Gasteiger partial charge in [0.05, 0.1) is 33.2 Å². The number of hydrogen-bond acceptors (Lipinski definition) is 6. The Morgan fingerprint density at radius 1 is 1.21 bits per heavy atom. The molecule has 0 unspecified atom stereocenters. The van der Waals surface area contributed by atoms with Crippen LogP contribution in [0.5, 0.6) is 5.75 Å². The summed E-state index contributed by atoms with van der Waals surface area (Å²) < 4.78 is 32.0. The van der Waals surface area contributed by atoms with Crippen molar-refractivity contribution in [2.45, 2.75) is 17.7 Å². The lowest BCUT2D eigenvalue weighted by Crippen LogP contribution is -2.28. The lowest BCUT2D eigenvalue weighted by atomic mass is 10.2. The highest BCUT2D eigenvalue weighted by Gasteiger charge is 2.28. The quantitative estimate of drug-likeness (QED) is 0.544. The van der Waals surface area contributed by atoms with E-state index in [4.69, 9.17) is 16.3 Å². The molecule has 0 radical (unpaired) electrons. The Bertz CT molecular complexity index is 1070. The van der Waals surface area contributed by atoms with Crippen molar-refractivity contribution in [1.29, 1.82) is 0 Å². The average Bonchev–Trinajstić information content (AvgIpc) is 3.23. The molecule has 29 heavy (non-hydrogen) atoms. The molecule has 2 aromatic carbocycles. The van der Waals surface area contributed by atoms with Crippen molar-refractivity contribution in [2.75, 3.05) is 25.5 Å². The molecule has 1 aliphatic rings. The normalized spacial score (nSPS) is 14.6. The van der Waals surface area contributed by atoms with Crippen molar-refractivity contribution < 1.29 is 22.9 Å².